The molecule has 0 aliphatic carbocycles. The molecule has 7 nitrogen and oxygen atoms in total. The predicted molar refractivity (Wildman–Crippen MR) is 99.1 cm³/mol. The molecule has 7 heteroatoms. The Labute approximate surface area is 150 Å². The van der Waals surface area contributed by atoms with Gasteiger partial charge in [-0.1, -0.05) is 30.3 Å². The maximum absolute atomic E-state index is 11.3. The number of nitrogens with zero attached hydrogens (tertiary/aromatic N) is 1. The zero-order valence-corrected chi connectivity index (χ0v) is 14.4. The van der Waals surface area contributed by atoms with E-state index in [0.29, 0.717) is 13.2 Å². The molecule has 0 aliphatic rings. The van der Waals surface area contributed by atoms with Gasteiger partial charge in [0.1, 0.15) is 16.7 Å². The number of H-pyrrole nitrogens is 1. The standard InChI is InChI=1S/C19H20N4O3/c1-26-13-12-23-17-9-5-4-8-16(17)21-19(23)20-15-7-3-2-6-14(15)10-11-18(24)22-25/h2-11H,12-13H2,1H3,(H3,20,21,22,24,25)/p+1. The van der Waals surface area contributed by atoms with Crippen LogP contribution in [0.25, 0.3) is 17.1 Å². The van der Waals surface area contributed by atoms with Gasteiger partial charge in [-0.2, -0.15) is 0 Å². The van der Waals surface area contributed by atoms with Crippen molar-refractivity contribution in [3.8, 4) is 0 Å². The molecule has 0 unspecified atom stereocenters. The number of imidazole rings is 1. The molecule has 0 atom stereocenters. The van der Waals surface area contributed by atoms with Gasteiger partial charge in [-0.15, -0.1) is 0 Å². The van der Waals surface area contributed by atoms with Crippen LogP contribution in [0.15, 0.2) is 54.6 Å². The number of carbonyl (C=O) groups excluding carboxylic acids is 1. The molecule has 0 radical (unpaired) electrons. The minimum Gasteiger partial charge on any atom is -0.381 e. The van der Waals surface area contributed by atoms with E-state index in [1.54, 1.807) is 18.7 Å². The number of aromatic nitrogens is 2. The molecular formula is C19H21N4O3+. The Hall–Kier alpha value is -3.16. The minimum absolute atomic E-state index is 0.583. The fourth-order valence-electron chi connectivity index (χ4n) is 2.73. The van der Waals surface area contributed by atoms with Crippen molar-refractivity contribution >= 4 is 34.7 Å². The second kappa shape index (κ2) is 8.28. The zero-order chi connectivity index (χ0) is 18.4. The number of carbonyl (C=O) groups is 1. The second-order valence-corrected chi connectivity index (χ2v) is 5.66. The first-order valence-electron chi connectivity index (χ1n) is 8.20. The van der Waals surface area contributed by atoms with Gasteiger partial charge in [0.15, 0.2) is 0 Å². The van der Waals surface area contributed by atoms with Gasteiger partial charge in [0.05, 0.1) is 13.2 Å². The van der Waals surface area contributed by atoms with E-state index in [1.165, 1.54) is 6.08 Å². The summed E-state index contributed by atoms with van der Waals surface area (Å²) in [6.45, 7) is 1.27. The van der Waals surface area contributed by atoms with Crippen LogP contribution in [0.5, 0.6) is 0 Å². The van der Waals surface area contributed by atoms with Crippen LogP contribution in [0, 0.1) is 0 Å². The summed E-state index contributed by atoms with van der Waals surface area (Å²) in [5, 5.41) is 12.0. The normalized spacial score (nSPS) is 11.2. The number of anilines is 2. The number of hydrogen-bond acceptors (Lipinski definition) is 4. The summed E-state index contributed by atoms with van der Waals surface area (Å²) < 4.78 is 7.34. The molecule has 0 fully saturated rings. The minimum atomic E-state index is -0.583. The van der Waals surface area contributed by atoms with Crippen molar-refractivity contribution < 1.29 is 19.3 Å². The van der Waals surface area contributed by atoms with Gasteiger partial charge in [0, 0.05) is 18.7 Å². The van der Waals surface area contributed by atoms with Crippen LogP contribution in [-0.2, 0) is 16.1 Å². The number of amides is 1. The molecule has 26 heavy (non-hydrogen) atoms. The molecule has 2 aromatic carbocycles. The molecule has 0 spiro atoms. The van der Waals surface area contributed by atoms with E-state index in [1.807, 2.05) is 48.5 Å². The second-order valence-electron chi connectivity index (χ2n) is 5.66. The molecule has 0 saturated carbocycles. The number of aromatic amines is 1. The Morgan fingerprint density at radius 3 is 2.81 bits per heavy atom. The first kappa shape index (κ1) is 17.7. The Morgan fingerprint density at radius 1 is 1.23 bits per heavy atom. The summed E-state index contributed by atoms with van der Waals surface area (Å²) in [4.78, 5) is 14.6. The Balaban J connectivity index is 1.96. The highest BCUT2D eigenvalue weighted by Crippen LogP contribution is 2.21. The van der Waals surface area contributed by atoms with E-state index in [-0.39, 0.29) is 0 Å². The van der Waals surface area contributed by atoms with Crippen LogP contribution in [-0.4, -0.2) is 29.8 Å². The predicted octanol–water partition coefficient (Wildman–Crippen LogP) is 2.36. The summed E-state index contributed by atoms with van der Waals surface area (Å²) in [7, 11) is 1.68. The van der Waals surface area contributed by atoms with Gasteiger partial charge >= 0.3 is 5.95 Å². The number of para-hydroxylation sites is 3. The Bertz CT molecular complexity index is 933. The molecule has 0 saturated heterocycles. The fourth-order valence-corrected chi connectivity index (χ4v) is 2.73. The van der Waals surface area contributed by atoms with Crippen molar-refractivity contribution in [3.63, 3.8) is 0 Å². The number of rotatable bonds is 7. The Kier molecular flexibility index (Phi) is 5.62. The van der Waals surface area contributed by atoms with Gasteiger partial charge in [-0.3, -0.25) is 10.0 Å². The molecule has 4 N–H and O–H groups in total. The van der Waals surface area contributed by atoms with Crippen molar-refractivity contribution in [2.75, 3.05) is 19.0 Å². The number of benzene rings is 2. The van der Waals surface area contributed by atoms with Crippen molar-refractivity contribution in [3.05, 3.63) is 60.2 Å². The van der Waals surface area contributed by atoms with Crippen LogP contribution >= 0.6 is 0 Å². The topological polar surface area (TPSA) is 90.3 Å². The summed E-state index contributed by atoms with van der Waals surface area (Å²) in [6.07, 6.45) is 2.90. The van der Waals surface area contributed by atoms with Gasteiger partial charge < -0.3 is 4.74 Å². The number of methoxy groups -OCH3 is 1. The monoisotopic (exact) mass is 353 g/mol. The summed E-state index contributed by atoms with van der Waals surface area (Å²) in [6, 6.07) is 15.6. The molecule has 134 valence electrons. The van der Waals surface area contributed by atoms with Crippen LogP contribution in [0.3, 0.4) is 0 Å². The molecule has 3 rings (SSSR count). The van der Waals surface area contributed by atoms with Crippen molar-refractivity contribution in [1.29, 1.82) is 0 Å². The summed E-state index contributed by atoms with van der Waals surface area (Å²) in [5.41, 5.74) is 5.31. The number of hydroxylamine groups is 1. The fraction of sp³-hybridized carbons (Fsp3) is 0.158. The number of nitrogens with one attached hydrogen (secondary N) is 3. The first-order chi connectivity index (χ1) is 12.7. The van der Waals surface area contributed by atoms with Gasteiger partial charge in [-0.05, 0) is 24.3 Å². The maximum Gasteiger partial charge on any atom is 0.361 e. The smallest absolute Gasteiger partial charge is 0.361 e. The van der Waals surface area contributed by atoms with E-state index >= 15 is 0 Å². The lowest BCUT2D eigenvalue weighted by atomic mass is 10.1. The maximum atomic E-state index is 11.3. The van der Waals surface area contributed by atoms with Gasteiger partial charge in [0.25, 0.3) is 5.91 Å². The lowest BCUT2D eigenvalue weighted by Crippen LogP contribution is -2.37. The SMILES string of the molecule is COCC[n+]1c(Nc2ccccc2/C=C/C(=O)NO)[nH]c2ccccc21. The van der Waals surface area contributed by atoms with Crippen LogP contribution < -0.4 is 15.4 Å². The van der Waals surface area contributed by atoms with Crippen molar-refractivity contribution in [2.45, 2.75) is 6.54 Å². The van der Waals surface area contributed by atoms with E-state index in [9.17, 15) is 4.79 Å². The van der Waals surface area contributed by atoms with E-state index in [2.05, 4.69) is 14.9 Å². The lowest BCUT2D eigenvalue weighted by Gasteiger charge is -2.06. The van der Waals surface area contributed by atoms with Crippen molar-refractivity contribution in [1.82, 2.24) is 10.5 Å². The third kappa shape index (κ3) is 3.90. The summed E-state index contributed by atoms with van der Waals surface area (Å²) >= 11 is 0. The average Bonchev–Trinajstić information content (AvgIpc) is 3.02. The quantitative estimate of drug-likeness (QED) is 0.227. The molecular weight excluding hydrogens is 332 g/mol. The van der Waals surface area contributed by atoms with Gasteiger partial charge in [-0.25, -0.2) is 20.3 Å². The first-order valence-corrected chi connectivity index (χ1v) is 8.20. The van der Waals surface area contributed by atoms with Crippen LogP contribution in [0.1, 0.15) is 5.56 Å². The molecule has 1 heterocycles. The molecule has 0 aliphatic heterocycles. The molecule has 1 amide bonds. The number of fused-ring (bicyclic) bond motifs is 1. The third-order valence-electron chi connectivity index (χ3n) is 3.98. The van der Waals surface area contributed by atoms with Crippen LogP contribution in [0.4, 0.5) is 11.6 Å². The zero-order valence-electron chi connectivity index (χ0n) is 14.4. The van der Waals surface area contributed by atoms with Gasteiger partial charge in [0.2, 0.25) is 0 Å². The largest absolute Gasteiger partial charge is 0.381 e. The van der Waals surface area contributed by atoms with E-state index in [4.69, 9.17) is 9.94 Å². The lowest BCUT2D eigenvalue weighted by molar-refractivity contribution is -0.658. The third-order valence-corrected chi connectivity index (χ3v) is 3.98. The Morgan fingerprint density at radius 2 is 2.00 bits per heavy atom. The highest BCUT2D eigenvalue weighted by molar-refractivity contribution is 5.92. The number of ether oxygens (including phenoxy) is 1. The van der Waals surface area contributed by atoms with Crippen LogP contribution in [0.2, 0.25) is 0 Å². The summed E-state index contributed by atoms with van der Waals surface area (Å²) in [5.74, 6) is 0.233. The molecule has 3 aromatic rings. The number of hydrogen-bond donors (Lipinski definition) is 4. The molecule has 1 aromatic heterocycles. The van der Waals surface area contributed by atoms with Crippen molar-refractivity contribution in [2.24, 2.45) is 0 Å². The molecule has 0 bridgehead atoms. The average molecular weight is 353 g/mol. The highest BCUT2D eigenvalue weighted by Gasteiger charge is 2.18. The highest BCUT2D eigenvalue weighted by atomic mass is 16.5. The van der Waals surface area contributed by atoms with E-state index < -0.39 is 5.91 Å². The van der Waals surface area contributed by atoms with E-state index in [0.717, 1.165) is 28.2 Å².